The van der Waals surface area contributed by atoms with Crippen molar-refractivity contribution in [3.05, 3.63) is 6.92 Å². The van der Waals surface area contributed by atoms with Crippen molar-refractivity contribution >= 4 is 29.3 Å². The average molecular weight is 184 g/mol. The predicted molar refractivity (Wildman–Crippen MR) is 61.8 cm³/mol. The molecule has 0 aliphatic rings. The van der Waals surface area contributed by atoms with E-state index in [-0.39, 0.29) is 24.3 Å². The van der Waals surface area contributed by atoms with Crippen molar-refractivity contribution in [3.63, 3.8) is 0 Å². The monoisotopic (exact) mass is 184 g/mol. The first-order valence-corrected chi connectivity index (χ1v) is 4.56. The SMILES string of the molecule is CN(C)C.[CH2]C(C)(C)CO[SiH3].[LiH]. The summed E-state index contributed by atoms with van der Waals surface area (Å²) in [5.41, 5.74) is 0.113. The standard InChI is InChI=1S/C5H13OSi.C3H9N.Li.H/c1-5(2,3)4-6-7;1-4(2)3;;/h1,4H2,2-3,7H3;1-3H3;;. The molecule has 0 aromatic heterocycles. The topological polar surface area (TPSA) is 12.5 Å². The van der Waals surface area contributed by atoms with Crippen LogP contribution in [0.15, 0.2) is 0 Å². The van der Waals surface area contributed by atoms with Gasteiger partial charge in [0, 0.05) is 6.61 Å². The Labute approximate surface area is 92.8 Å². The summed E-state index contributed by atoms with van der Waals surface area (Å²) >= 11 is 0. The normalized spacial score (nSPS) is 10.2. The van der Waals surface area contributed by atoms with E-state index in [9.17, 15) is 0 Å². The van der Waals surface area contributed by atoms with Crippen molar-refractivity contribution < 1.29 is 4.43 Å². The van der Waals surface area contributed by atoms with Gasteiger partial charge in [0.05, 0.1) is 0 Å². The van der Waals surface area contributed by atoms with Gasteiger partial charge in [-0.25, -0.2) is 0 Å². The third-order valence-electron chi connectivity index (χ3n) is 0.535. The van der Waals surface area contributed by atoms with E-state index < -0.39 is 0 Å². The van der Waals surface area contributed by atoms with Crippen molar-refractivity contribution in [2.24, 2.45) is 5.41 Å². The molecule has 0 aliphatic heterocycles. The summed E-state index contributed by atoms with van der Waals surface area (Å²) in [4.78, 5) is 2.00. The Balaban J connectivity index is -0.000000142. The van der Waals surface area contributed by atoms with Crippen LogP contribution in [0.2, 0.25) is 0 Å². The van der Waals surface area contributed by atoms with Gasteiger partial charge in [0.1, 0.15) is 10.5 Å². The van der Waals surface area contributed by atoms with E-state index in [2.05, 4.69) is 20.8 Å². The molecule has 0 spiro atoms. The molecule has 0 aliphatic carbocycles. The molecule has 0 saturated carbocycles. The van der Waals surface area contributed by atoms with Crippen molar-refractivity contribution in [3.8, 4) is 0 Å². The summed E-state index contributed by atoms with van der Waals surface area (Å²) in [5, 5.41) is 0. The Kier molecular flexibility index (Phi) is 15.1. The first-order valence-electron chi connectivity index (χ1n) is 3.75. The second kappa shape index (κ2) is 9.82. The summed E-state index contributed by atoms with van der Waals surface area (Å²) in [6, 6.07) is 0. The number of hydrogen-bond donors (Lipinski definition) is 0. The van der Waals surface area contributed by atoms with Crippen LogP contribution < -0.4 is 0 Å². The van der Waals surface area contributed by atoms with Crippen LogP contribution in [-0.2, 0) is 4.43 Å². The van der Waals surface area contributed by atoms with Crippen LogP contribution in [0.5, 0.6) is 0 Å². The summed E-state index contributed by atoms with van der Waals surface area (Å²) in [6.07, 6.45) is 0. The molecule has 0 amide bonds. The molecule has 0 N–H and O–H groups in total. The Morgan fingerprint density at radius 2 is 1.58 bits per heavy atom. The Morgan fingerprint density at radius 1 is 1.33 bits per heavy atom. The maximum atomic E-state index is 4.98. The van der Waals surface area contributed by atoms with Crippen LogP contribution in [0.4, 0.5) is 0 Å². The number of rotatable bonds is 2. The maximum absolute atomic E-state index is 4.98. The van der Waals surface area contributed by atoms with Crippen LogP contribution in [-0.4, -0.2) is 62.0 Å². The van der Waals surface area contributed by atoms with Gasteiger partial charge in [-0.05, 0) is 33.5 Å². The van der Waals surface area contributed by atoms with E-state index in [1.54, 1.807) is 0 Å². The zero-order valence-electron chi connectivity index (χ0n) is 8.77. The van der Waals surface area contributed by atoms with Crippen molar-refractivity contribution in [1.29, 1.82) is 0 Å². The van der Waals surface area contributed by atoms with Gasteiger partial charge in [-0.2, -0.15) is 0 Å². The van der Waals surface area contributed by atoms with Gasteiger partial charge in [-0.15, -0.1) is 0 Å². The Morgan fingerprint density at radius 3 is 1.58 bits per heavy atom. The zero-order chi connectivity index (χ0) is 9.49. The zero-order valence-corrected chi connectivity index (χ0v) is 10.8. The second-order valence-corrected chi connectivity index (χ2v) is 4.52. The van der Waals surface area contributed by atoms with E-state index in [0.29, 0.717) is 0 Å². The van der Waals surface area contributed by atoms with Gasteiger partial charge >= 0.3 is 18.9 Å². The molecule has 0 saturated heterocycles. The molecule has 0 unspecified atom stereocenters. The van der Waals surface area contributed by atoms with E-state index in [1.807, 2.05) is 26.0 Å². The average Bonchev–Trinajstić information content (AvgIpc) is 1.58. The first kappa shape index (κ1) is 18.5. The Hall–Kier alpha value is 0.734. The van der Waals surface area contributed by atoms with Crippen LogP contribution in [0, 0.1) is 12.3 Å². The fourth-order valence-electron chi connectivity index (χ4n) is 0.391. The van der Waals surface area contributed by atoms with Gasteiger partial charge < -0.3 is 9.33 Å². The van der Waals surface area contributed by atoms with Crippen LogP contribution in [0.25, 0.3) is 0 Å². The third kappa shape index (κ3) is 45.4. The summed E-state index contributed by atoms with van der Waals surface area (Å²) in [6.45, 7) is 8.77. The van der Waals surface area contributed by atoms with Gasteiger partial charge in [-0.1, -0.05) is 13.8 Å². The molecule has 2 nitrogen and oxygen atoms in total. The minimum atomic E-state index is 0. The summed E-state index contributed by atoms with van der Waals surface area (Å²) in [7, 11) is 6.83. The fourth-order valence-corrected chi connectivity index (χ4v) is 1.17. The van der Waals surface area contributed by atoms with Crippen LogP contribution in [0.3, 0.4) is 0 Å². The molecule has 1 radical (unpaired) electrons. The van der Waals surface area contributed by atoms with Gasteiger partial charge in [0.2, 0.25) is 0 Å². The molecule has 0 bridgehead atoms. The molecule has 0 fully saturated rings. The quantitative estimate of drug-likeness (QED) is 0.545. The molecule has 0 rings (SSSR count). The Bertz CT molecular complexity index is 80.9. The molecule has 0 aromatic carbocycles. The molecular formula is C8H23LiNOSi. The van der Waals surface area contributed by atoms with E-state index in [0.717, 1.165) is 17.1 Å². The summed E-state index contributed by atoms with van der Waals surface area (Å²) in [5.74, 6) is 0. The van der Waals surface area contributed by atoms with Gasteiger partial charge in [0.25, 0.3) is 0 Å². The molecular weight excluding hydrogens is 161 g/mol. The first-order chi connectivity index (χ1) is 4.79. The predicted octanol–water partition coefficient (Wildman–Crippen LogP) is -0.327. The van der Waals surface area contributed by atoms with Gasteiger partial charge in [-0.3, -0.25) is 0 Å². The van der Waals surface area contributed by atoms with Gasteiger partial charge in [0.15, 0.2) is 0 Å². The molecule has 0 aromatic rings. The molecule has 0 atom stereocenters. The number of hydrogen-bond acceptors (Lipinski definition) is 2. The van der Waals surface area contributed by atoms with E-state index in [4.69, 9.17) is 4.43 Å². The van der Waals surface area contributed by atoms with E-state index >= 15 is 0 Å². The van der Waals surface area contributed by atoms with Crippen LogP contribution >= 0.6 is 0 Å². The third-order valence-corrected chi connectivity index (χ3v) is 0.824. The number of nitrogens with zero attached hydrogens (tertiary/aromatic N) is 1. The van der Waals surface area contributed by atoms with Crippen molar-refractivity contribution in [1.82, 2.24) is 4.90 Å². The van der Waals surface area contributed by atoms with E-state index in [1.165, 1.54) is 0 Å². The summed E-state index contributed by atoms with van der Waals surface area (Å²) < 4.78 is 4.98. The molecule has 4 heteroatoms. The molecule has 0 heterocycles. The molecule has 71 valence electrons. The van der Waals surface area contributed by atoms with Crippen LogP contribution in [0.1, 0.15) is 13.8 Å². The fraction of sp³-hybridized carbons (Fsp3) is 0.875. The second-order valence-electron chi connectivity index (χ2n) is 3.94. The van der Waals surface area contributed by atoms with Crippen molar-refractivity contribution in [2.45, 2.75) is 13.8 Å². The van der Waals surface area contributed by atoms with Crippen molar-refractivity contribution in [2.75, 3.05) is 27.7 Å². The minimum absolute atomic E-state index is 0. The molecule has 12 heavy (non-hydrogen) atoms.